The van der Waals surface area contributed by atoms with Crippen LogP contribution in [0.25, 0.3) is 72.6 Å². The number of fused-ring (bicyclic) bond motifs is 3. The third-order valence-corrected chi connectivity index (χ3v) is 7.92. The van der Waals surface area contributed by atoms with Gasteiger partial charge in [0.25, 0.3) is 5.78 Å². The normalized spacial score (nSPS) is 11.5. The Morgan fingerprint density at radius 2 is 1.00 bits per heavy atom. The van der Waals surface area contributed by atoms with Crippen LogP contribution < -0.4 is 0 Å². The average molecular weight is 595 g/mol. The van der Waals surface area contributed by atoms with Crippen LogP contribution in [0.3, 0.4) is 0 Å². The van der Waals surface area contributed by atoms with E-state index < -0.39 is 0 Å². The second-order valence-corrected chi connectivity index (χ2v) is 11.0. The standard InChI is InChI=1S/C35H20Cl2N6/c36-31-20-32(37)43-35(40-31)41-34(42-43)24-13-11-23(12-14-24)29-19-30(27-15-9-21-5-1-3-7-25(21)17-27)39-33(38-29)28-16-10-22-6-2-4-8-26(22)18-28/h1-20H. The summed E-state index contributed by atoms with van der Waals surface area (Å²) >= 11 is 12.3. The Morgan fingerprint density at radius 3 is 1.70 bits per heavy atom. The lowest BCUT2D eigenvalue weighted by atomic mass is 10.0. The highest BCUT2D eigenvalue weighted by Crippen LogP contribution is 2.31. The van der Waals surface area contributed by atoms with E-state index in [9.17, 15) is 0 Å². The number of rotatable bonds is 4. The molecule has 0 fully saturated rings. The maximum Gasteiger partial charge on any atom is 0.255 e. The van der Waals surface area contributed by atoms with Crippen molar-refractivity contribution in [1.29, 1.82) is 0 Å². The molecule has 5 aromatic carbocycles. The molecule has 204 valence electrons. The lowest BCUT2D eigenvalue weighted by Crippen LogP contribution is -1.96. The first-order valence-corrected chi connectivity index (χ1v) is 14.4. The molecule has 0 unspecified atom stereocenters. The van der Waals surface area contributed by atoms with Gasteiger partial charge in [-0.2, -0.15) is 14.5 Å². The fourth-order valence-corrected chi connectivity index (χ4v) is 5.72. The van der Waals surface area contributed by atoms with Gasteiger partial charge in [-0.1, -0.05) is 120 Å². The molecule has 0 saturated heterocycles. The van der Waals surface area contributed by atoms with Crippen LogP contribution in [0.4, 0.5) is 0 Å². The van der Waals surface area contributed by atoms with Crippen molar-refractivity contribution >= 4 is 50.5 Å². The van der Waals surface area contributed by atoms with Crippen molar-refractivity contribution in [2.45, 2.75) is 0 Å². The maximum absolute atomic E-state index is 6.29. The van der Waals surface area contributed by atoms with Gasteiger partial charge < -0.3 is 0 Å². The molecule has 8 aromatic rings. The van der Waals surface area contributed by atoms with Gasteiger partial charge in [-0.25, -0.2) is 9.97 Å². The molecule has 0 radical (unpaired) electrons. The molecule has 0 aliphatic heterocycles. The van der Waals surface area contributed by atoms with E-state index >= 15 is 0 Å². The number of nitrogens with zero attached hydrogens (tertiary/aromatic N) is 6. The van der Waals surface area contributed by atoms with E-state index in [1.54, 1.807) is 0 Å². The first kappa shape index (κ1) is 25.5. The van der Waals surface area contributed by atoms with Crippen molar-refractivity contribution in [3.8, 4) is 45.3 Å². The van der Waals surface area contributed by atoms with Crippen LogP contribution in [0.1, 0.15) is 0 Å². The summed E-state index contributed by atoms with van der Waals surface area (Å²) in [6.07, 6.45) is 0. The molecule has 0 atom stereocenters. The third kappa shape index (κ3) is 4.77. The SMILES string of the molecule is Clc1cc(Cl)n2nc(-c3ccc(-c4cc(-c5ccc6ccccc6c5)nc(-c5ccc6ccccc6c5)n4)cc3)nc2n1. The van der Waals surface area contributed by atoms with Crippen LogP contribution in [0.2, 0.25) is 10.3 Å². The number of benzene rings is 5. The summed E-state index contributed by atoms with van der Waals surface area (Å²) in [7, 11) is 0. The number of hydrogen-bond donors (Lipinski definition) is 0. The Hall–Kier alpha value is -5.17. The molecule has 0 saturated carbocycles. The molecule has 8 rings (SSSR count). The maximum atomic E-state index is 6.29. The van der Waals surface area contributed by atoms with Gasteiger partial charge in [0.15, 0.2) is 11.6 Å². The summed E-state index contributed by atoms with van der Waals surface area (Å²) < 4.78 is 1.47. The molecule has 0 N–H and O–H groups in total. The van der Waals surface area contributed by atoms with Crippen LogP contribution in [0.5, 0.6) is 0 Å². The molecule has 6 nitrogen and oxygen atoms in total. The summed E-state index contributed by atoms with van der Waals surface area (Å²) in [5.74, 6) is 1.50. The summed E-state index contributed by atoms with van der Waals surface area (Å²) in [6.45, 7) is 0. The summed E-state index contributed by atoms with van der Waals surface area (Å²) in [5, 5.41) is 9.77. The molecule has 0 aliphatic carbocycles. The van der Waals surface area contributed by atoms with Gasteiger partial charge in [-0.15, -0.1) is 5.10 Å². The Balaban J connectivity index is 1.24. The molecule has 0 bridgehead atoms. The number of aromatic nitrogens is 6. The Morgan fingerprint density at radius 1 is 0.442 bits per heavy atom. The minimum atomic E-state index is 0.264. The largest absolute Gasteiger partial charge is 0.255 e. The quantitative estimate of drug-likeness (QED) is 0.190. The van der Waals surface area contributed by atoms with Crippen LogP contribution in [0.15, 0.2) is 121 Å². The van der Waals surface area contributed by atoms with Crippen molar-refractivity contribution < 1.29 is 0 Å². The van der Waals surface area contributed by atoms with E-state index in [4.69, 9.17) is 33.2 Å². The van der Waals surface area contributed by atoms with E-state index in [1.807, 2.05) is 48.5 Å². The van der Waals surface area contributed by atoms with Gasteiger partial charge in [0.2, 0.25) is 0 Å². The molecule has 43 heavy (non-hydrogen) atoms. The van der Waals surface area contributed by atoms with Gasteiger partial charge in [-0.3, -0.25) is 0 Å². The molecular formula is C35H20Cl2N6. The van der Waals surface area contributed by atoms with Crippen LogP contribution >= 0.6 is 23.2 Å². The zero-order chi connectivity index (χ0) is 28.9. The monoisotopic (exact) mass is 594 g/mol. The van der Waals surface area contributed by atoms with Crippen molar-refractivity contribution in [2.75, 3.05) is 0 Å². The van der Waals surface area contributed by atoms with Gasteiger partial charge in [-0.05, 0) is 39.7 Å². The topological polar surface area (TPSA) is 68.9 Å². The Kier molecular flexibility index (Phi) is 6.10. The highest BCUT2D eigenvalue weighted by atomic mass is 35.5. The predicted molar refractivity (Wildman–Crippen MR) is 173 cm³/mol. The highest BCUT2D eigenvalue weighted by Gasteiger charge is 2.14. The average Bonchev–Trinajstić information content (AvgIpc) is 3.49. The lowest BCUT2D eigenvalue weighted by molar-refractivity contribution is 0.943. The first-order valence-electron chi connectivity index (χ1n) is 13.6. The van der Waals surface area contributed by atoms with E-state index in [2.05, 4.69) is 81.8 Å². The lowest BCUT2D eigenvalue weighted by Gasteiger charge is -2.11. The molecule has 0 aliphatic rings. The Bertz CT molecular complexity index is 2230. The van der Waals surface area contributed by atoms with Gasteiger partial charge >= 0.3 is 0 Å². The van der Waals surface area contributed by atoms with Crippen molar-refractivity contribution in [3.63, 3.8) is 0 Å². The molecule has 3 heterocycles. The zero-order valence-electron chi connectivity index (χ0n) is 22.5. The molecule has 8 heteroatoms. The Labute approximate surface area is 256 Å². The van der Waals surface area contributed by atoms with Gasteiger partial charge in [0, 0.05) is 28.3 Å². The third-order valence-electron chi connectivity index (χ3n) is 7.46. The van der Waals surface area contributed by atoms with Crippen molar-refractivity contribution in [2.24, 2.45) is 0 Å². The highest BCUT2D eigenvalue weighted by molar-refractivity contribution is 6.33. The van der Waals surface area contributed by atoms with Crippen LogP contribution in [0, 0.1) is 0 Å². The fourth-order valence-electron chi connectivity index (χ4n) is 5.27. The first-order chi connectivity index (χ1) is 21.1. The van der Waals surface area contributed by atoms with Crippen LogP contribution in [-0.4, -0.2) is 29.5 Å². The molecular weight excluding hydrogens is 575 g/mol. The zero-order valence-corrected chi connectivity index (χ0v) is 24.0. The van der Waals surface area contributed by atoms with Crippen molar-refractivity contribution in [3.05, 3.63) is 132 Å². The van der Waals surface area contributed by atoms with Crippen molar-refractivity contribution in [1.82, 2.24) is 29.5 Å². The fraction of sp³-hybridized carbons (Fsp3) is 0. The number of halogens is 2. The van der Waals surface area contributed by atoms with Crippen LogP contribution in [-0.2, 0) is 0 Å². The minimum Gasteiger partial charge on any atom is -0.228 e. The molecule has 3 aromatic heterocycles. The van der Waals surface area contributed by atoms with E-state index in [1.165, 1.54) is 21.4 Å². The number of hydrogen-bond acceptors (Lipinski definition) is 5. The van der Waals surface area contributed by atoms with Gasteiger partial charge in [0.05, 0.1) is 11.4 Å². The summed E-state index contributed by atoms with van der Waals surface area (Å²) in [5.41, 5.74) is 5.40. The second kappa shape index (κ2) is 10.3. The van der Waals surface area contributed by atoms with Gasteiger partial charge in [0.1, 0.15) is 10.3 Å². The minimum absolute atomic E-state index is 0.264. The molecule has 0 spiro atoms. The van der Waals surface area contributed by atoms with E-state index in [0.29, 0.717) is 22.6 Å². The summed E-state index contributed by atoms with van der Waals surface area (Å²) in [6, 6.07) is 40.9. The predicted octanol–water partition coefficient (Wildman–Crippen LogP) is 9.20. The molecule has 0 amide bonds. The van der Waals surface area contributed by atoms with E-state index in [0.717, 1.165) is 44.4 Å². The second-order valence-electron chi connectivity index (χ2n) is 10.2. The van der Waals surface area contributed by atoms with E-state index in [-0.39, 0.29) is 5.15 Å². The summed E-state index contributed by atoms with van der Waals surface area (Å²) in [4.78, 5) is 18.8. The smallest absolute Gasteiger partial charge is 0.228 e.